The molecule has 12 heteroatoms. The van der Waals surface area contributed by atoms with Crippen molar-refractivity contribution < 1.29 is 28.7 Å². The van der Waals surface area contributed by atoms with Gasteiger partial charge in [-0.1, -0.05) is 31.9 Å². The molecule has 0 spiro atoms. The molecule has 0 aliphatic carbocycles. The molecule has 44 heavy (non-hydrogen) atoms. The quantitative estimate of drug-likeness (QED) is 0.289. The summed E-state index contributed by atoms with van der Waals surface area (Å²) in [6.07, 6.45) is 7.87. The first-order chi connectivity index (χ1) is 21.0. The van der Waals surface area contributed by atoms with Crippen LogP contribution in [-0.2, 0) is 35.3 Å². The highest BCUT2D eigenvalue weighted by molar-refractivity contribution is 8.00. The summed E-state index contributed by atoms with van der Waals surface area (Å²) in [5.41, 5.74) is 0.714. The maximum Gasteiger partial charge on any atom is 0.313 e. The zero-order valence-corrected chi connectivity index (χ0v) is 27.3. The number of hydrogen-bond acceptors (Lipinski definition) is 8. The number of thioether (sulfide) groups is 1. The lowest BCUT2D eigenvalue weighted by molar-refractivity contribution is -0.176. The standard InChI is InChI=1S/C32H47N5O6S/c1-6-31(3)16-17-32(44-5,43-30(31)42)29(41)35-22-11-9-10-21(18-22)19-34-27(39)25-15-14-23-12-7-8-13-24(28(40)37(23)25)36-26(38)20(2)33-4/h9-11,18,20,23-25,33H,6-8,12-17,19H2,1-5H3,(H,34,39)(H,35,41)(H,36,38). The predicted octanol–water partition coefficient (Wildman–Crippen LogP) is 3.08. The molecule has 0 bridgehead atoms. The lowest BCUT2D eigenvalue weighted by Crippen LogP contribution is -2.57. The number of fused-ring (bicyclic) bond motifs is 1. The summed E-state index contributed by atoms with van der Waals surface area (Å²) in [6.45, 7) is 5.76. The average molecular weight is 630 g/mol. The van der Waals surface area contributed by atoms with Gasteiger partial charge in [0.1, 0.15) is 12.1 Å². The molecule has 3 aliphatic heterocycles. The minimum absolute atomic E-state index is 0.0222. The highest BCUT2D eigenvalue weighted by Gasteiger charge is 2.51. The molecule has 3 aliphatic rings. The molecular formula is C32H47N5O6S. The molecule has 6 unspecified atom stereocenters. The molecule has 0 saturated carbocycles. The molecule has 3 heterocycles. The number of likely N-dealkylation sites (N-methyl/N-ethyl adjacent to an activating group) is 1. The Morgan fingerprint density at radius 3 is 2.55 bits per heavy atom. The number of cyclic esters (lactones) is 1. The highest BCUT2D eigenvalue weighted by Crippen LogP contribution is 2.44. The first kappa shape index (κ1) is 33.8. The monoisotopic (exact) mass is 629 g/mol. The van der Waals surface area contributed by atoms with Crippen LogP contribution < -0.4 is 21.3 Å². The van der Waals surface area contributed by atoms with Gasteiger partial charge < -0.3 is 30.9 Å². The van der Waals surface area contributed by atoms with Gasteiger partial charge in [0, 0.05) is 24.7 Å². The van der Waals surface area contributed by atoms with Crippen LogP contribution in [0.5, 0.6) is 0 Å². The van der Waals surface area contributed by atoms with Gasteiger partial charge in [0.2, 0.25) is 22.7 Å². The van der Waals surface area contributed by atoms with E-state index >= 15 is 0 Å². The van der Waals surface area contributed by atoms with Crippen molar-refractivity contribution in [1.82, 2.24) is 20.9 Å². The van der Waals surface area contributed by atoms with Crippen molar-refractivity contribution in [3.8, 4) is 0 Å². The fourth-order valence-corrected chi connectivity index (χ4v) is 6.93. The maximum atomic E-state index is 13.7. The number of ether oxygens (including phenoxy) is 1. The summed E-state index contributed by atoms with van der Waals surface area (Å²) >= 11 is 1.22. The third kappa shape index (κ3) is 7.22. The van der Waals surface area contributed by atoms with E-state index in [1.807, 2.05) is 19.9 Å². The maximum absolute atomic E-state index is 13.7. The van der Waals surface area contributed by atoms with Crippen molar-refractivity contribution in [3.63, 3.8) is 0 Å². The normalized spacial score (nSPS) is 29.5. The molecule has 0 aromatic heterocycles. The summed E-state index contributed by atoms with van der Waals surface area (Å²) < 4.78 is 5.74. The second-order valence-electron chi connectivity index (χ2n) is 12.5. The Kier molecular flexibility index (Phi) is 11.0. The van der Waals surface area contributed by atoms with E-state index in [2.05, 4.69) is 21.3 Å². The first-order valence-corrected chi connectivity index (χ1v) is 17.0. The molecular weight excluding hydrogens is 582 g/mol. The van der Waals surface area contributed by atoms with Crippen molar-refractivity contribution in [2.75, 3.05) is 18.6 Å². The van der Waals surface area contributed by atoms with E-state index in [9.17, 15) is 24.0 Å². The van der Waals surface area contributed by atoms with E-state index in [1.54, 1.807) is 43.3 Å². The summed E-state index contributed by atoms with van der Waals surface area (Å²) in [4.78, 5) is 66.1. The number of carbonyl (C=O) groups excluding carboxylic acids is 5. The van der Waals surface area contributed by atoms with Crippen LogP contribution in [0.25, 0.3) is 0 Å². The van der Waals surface area contributed by atoms with E-state index in [1.165, 1.54) is 11.8 Å². The number of anilines is 1. The lowest BCUT2D eigenvalue weighted by Gasteiger charge is -2.41. The third-order valence-corrected chi connectivity index (χ3v) is 10.8. The average Bonchev–Trinajstić information content (AvgIpc) is 3.44. The van der Waals surface area contributed by atoms with E-state index in [-0.39, 0.29) is 36.3 Å². The number of nitrogens with zero attached hydrogens (tertiary/aromatic N) is 1. The summed E-state index contributed by atoms with van der Waals surface area (Å²) in [5.74, 6) is -1.42. The van der Waals surface area contributed by atoms with Crippen LogP contribution in [0.3, 0.4) is 0 Å². The minimum Gasteiger partial charge on any atom is -0.438 e. The third-order valence-electron chi connectivity index (χ3n) is 9.64. The van der Waals surface area contributed by atoms with Crippen LogP contribution in [-0.4, -0.2) is 76.9 Å². The molecule has 4 amide bonds. The molecule has 4 N–H and O–H groups in total. The summed E-state index contributed by atoms with van der Waals surface area (Å²) in [5, 5.41) is 11.7. The Bertz CT molecular complexity index is 1260. The SMILES string of the molecule is CCC1(C)CCC(SC)(C(=O)Nc2cccc(CNC(=O)C3CCC4CCCCC(NC(=O)C(C)NC)C(=O)N43)c2)OC1=O. The number of nitrogens with one attached hydrogen (secondary N) is 4. The number of benzene rings is 1. The van der Waals surface area contributed by atoms with Crippen molar-refractivity contribution in [2.45, 2.75) is 114 Å². The minimum atomic E-state index is -1.30. The van der Waals surface area contributed by atoms with Gasteiger partial charge in [0.05, 0.1) is 11.5 Å². The van der Waals surface area contributed by atoms with Crippen LogP contribution in [0.2, 0.25) is 0 Å². The Hall–Kier alpha value is -3.12. The van der Waals surface area contributed by atoms with E-state index in [0.717, 1.165) is 31.2 Å². The van der Waals surface area contributed by atoms with Crippen LogP contribution >= 0.6 is 11.8 Å². The number of esters is 1. The number of rotatable bonds is 10. The number of hydrogen-bond donors (Lipinski definition) is 4. The second-order valence-corrected chi connectivity index (χ2v) is 13.5. The Morgan fingerprint density at radius 1 is 1.11 bits per heavy atom. The van der Waals surface area contributed by atoms with Gasteiger partial charge >= 0.3 is 5.97 Å². The second kappa shape index (κ2) is 14.3. The van der Waals surface area contributed by atoms with Crippen molar-refractivity contribution in [1.29, 1.82) is 0 Å². The Balaban J connectivity index is 1.39. The van der Waals surface area contributed by atoms with Crippen LogP contribution in [0.4, 0.5) is 5.69 Å². The number of carbonyl (C=O) groups is 5. The molecule has 3 fully saturated rings. The molecule has 1 aromatic rings. The first-order valence-electron chi connectivity index (χ1n) is 15.7. The predicted molar refractivity (Wildman–Crippen MR) is 169 cm³/mol. The molecule has 1 aromatic carbocycles. The summed E-state index contributed by atoms with van der Waals surface area (Å²) in [6, 6.07) is 5.46. The number of amides is 4. The molecule has 0 radical (unpaired) electrons. The lowest BCUT2D eigenvalue weighted by atomic mass is 9.80. The smallest absolute Gasteiger partial charge is 0.313 e. The summed E-state index contributed by atoms with van der Waals surface area (Å²) in [7, 11) is 1.69. The molecule has 3 saturated heterocycles. The Labute approximate surface area is 264 Å². The molecule has 4 rings (SSSR count). The zero-order valence-electron chi connectivity index (χ0n) is 26.5. The van der Waals surface area contributed by atoms with Gasteiger partial charge in [-0.3, -0.25) is 24.0 Å². The van der Waals surface area contributed by atoms with Gasteiger partial charge in [-0.2, -0.15) is 0 Å². The molecule has 242 valence electrons. The molecule has 11 nitrogen and oxygen atoms in total. The fraction of sp³-hybridized carbons (Fsp3) is 0.656. The highest BCUT2D eigenvalue weighted by atomic mass is 32.2. The van der Waals surface area contributed by atoms with Crippen molar-refractivity contribution >= 4 is 47.0 Å². The van der Waals surface area contributed by atoms with Crippen molar-refractivity contribution in [3.05, 3.63) is 29.8 Å². The Morgan fingerprint density at radius 2 is 1.86 bits per heavy atom. The van der Waals surface area contributed by atoms with Crippen LogP contribution in [0.15, 0.2) is 24.3 Å². The van der Waals surface area contributed by atoms with Crippen LogP contribution in [0, 0.1) is 5.41 Å². The molecule has 6 atom stereocenters. The largest absolute Gasteiger partial charge is 0.438 e. The van der Waals surface area contributed by atoms with Crippen molar-refractivity contribution in [2.24, 2.45) is 5.41 Å². The van der Waals surface area contributed by atoms with Gasteiger partial charge in [-0.25, -0.2) is 0 Å². The van der Waals surface area contributed by atoms with Gasteiger partial charge in [0.25, 0.3) is 5.91 Å². The van der Waals surface area contributed by atoms with Gasteiger partial charge in [0.15, 0.2) is 0 Å². The van der Waals surface area contributed by atoms with Gasteiger partial charge in [-0.05, 0) is 83.4 Å². The zero-order chi connectivity index (χ0) is 32.1. The van der Waals surface area contributed by atoms with Crippen LogP contribution in [0.1, 0.15) is 84.1 Å². The van der Waals surface area contributed by atoms with E-state index in [0.29, 0.717) is 37.8 Å². The van der Waals surface area contributed by atoms with E-state index < -0.39 is 34.4 Å². The van der Waals surface area contributed by atoms with E-state index in [4.69, 9.17) is 4.74 Å². The fourth-order valence-electron chi connectivity index (χ4n) is 6.23. The topological polar surface area (TPSA) is 146 Å². The van der Waals surface area contributed by atoms with Gasteiger partial charge in [-0.15, -0.1) is 11.8 Å².